The van der Waals surface area contributed by atoms with Crippen molar-refractivity contribution >= 4 is 5.91 Å². The topological polar surface area (TPSA) is 159 Å². The van der Waals surface area contributed by atoms with E-state index in [1.807, 2.05) is 0 Å². The highest BCUT2D eigenvalue weighted by atomic mass is 16.5. The molecule has 3 heterocycles. The van der Waals surface area contributed by atoms with E-state index in [1.54, 1.807) is 0 Å². The van der Waals surface area contributed by atoms with Gasteiger partial charge in [0.05, 0.1) is 18.2 Å². The highest BCUT2D eigenvalue weighted by molar-refractivity contribution is 5.82. The summed E-state index contributed by atoms with van der Waals surface area (Å²) in [5, 5.41) is 32.1. The van der Waals surface area contributed by atoms with E-state index in [2.05, 4.69) is 26.1 Å². The average molecular weight is 354 g/mol. The average Bonchev–Trinajstić information content (AvgIpc) is 3.24. The Bertz CT molecular complexity index is 574. The summed E-state index contributed by atoms with van der Waals surface area (Å²) in [7, 11) is 0. The standard InChI is InChI=1S/C15H26N6O4/c16-12(23)6-11(19-14(24)10-5-8(22)7-18-10)15-20-13(21-25-15)9-3-1-2-4-17-9/h8-12,17-18,22-23H,1-7,16H2,(H,19,24)/t8-,9-,10-,11-,12?/m0/s1. The van der Waals surface area contributed by atoms with Crippen molar-refractivity contribution in [2.75, 3.05) is 13.1 Å². The summed E-state index contributed by atoms with van der Waals surface area (Å²) >= 11 is 0. The van der Waals surface area contributed by atoms with Gasteiger partial charge in [0.25, 0.3) is 0 Å². The molecule has 7 N–H and O–H groups in total. The molecule has 2 aliphatic heterocycles. The second kappa shape index (κ2) is 8.19. The van der Waals surface area contributed by atoms with Crippen LogP contribution in [0, 0.1) is 0 Å². The summed E-state index contributed by atoms with van der Waals surface area (Å²) in [6.45, 7) is 1.28. The molecule has 0 aromatic carbocycles. The van der Waals surface area contributed by atoms with E-state index in [0.29, 0.717) is 18.8 Å². The van der Waals surface area contributed by atoms with Crippen molar-refractivity contribution in [3.8, 4) is 0 Å². The Labute approximate surface area is 145 Å². The van der Waals surface area contributed by atoms with Gasteiger partial charge in [-0.15, -0.1) is 0 Å². The van der Waals surface area contributed by atoms with Crippen molar-refractivity contribution in [1.82, 2.24) is 26.1 Å². The summed E-state index contributed by atoms with van der Waals surface area (Å²) in [5.74, 6) is 0.478. The number of nitrogens with zero attached hydrogens (tertiary/aromatic N) is 2. The van der Waals surface area contributed by atoms with Crippen molar-refractivity contribution in [3.05, 3.63) is 11.7 Å². The van der Waals surface area contributed by atoms with Gasteiger partial charge in [0, 0.05) is 13.0 Å². The zero-order valence-corrected chi connectivity index (χ0v) is 14.0. The third-order valence-electron chi connectivity index (χ3n) is 4.60. The number of carbonyl (C=O) groups excluding carboxylic acids is 1. The number of amides is 1. The van der Waals surface area contributed by atoms with Crippen molar-refractivity contribution < 1.29 is 19.5 Å². The minimum atomic E-state index is -1.13. The van der Waals surface area contributed by atoms with E-state index < -0.39 is 24.4 Å². The number of aliphatic hydroxyl groups excluding tert-OH is 2. The van der Waals surface area contributed by atoms with E-state index in [9.17, 15) is 15.0 Å². The lowest BCUT2D eigenvalue weighted by atomic mass is 10.0. The van der Waals surface area contributed by atoms with Gasteiger partial charge in [0.2, 0.25) is 11.8 Å². The highest BCUT2D eigenvalue weighted by Crippen LogP contribution is 2.23. The number of aliphatic hydroxyl groups is 2. The third kappa shape index (κ3) is 4.73. The lowest BCUT2D eigenvalue weighted by molar-refractivity contribution is -0.124. The van der Waals surface area contributed by atoms with Gasteiger partial charge < -0.3 is 36.4 Å². The Balaban J connectivity index is 1.67. The molecule has 5 atom stereocenters. The maximum Gasteiger partial charge on any atom is 0.249 e. The van der Waals surface area contributed by atoms with E-state index in [1.165, 1.54) is 0 Å². The molecule has 0 radical (unpaired) electrons. The Kier molecular flexibility index (Phi) is 5.97. The second-order valence-corrected chi connectivity index (χ2v) is 6.71. The molecule has 1 aromatic heterocycles. The van der Waals surface area contributed by atoms with Gasteiger partial charge in [-0.2, -0.15) is 4.98 Å². The van der Waals surface area contributed by atoms with Gasteiger partial charge in [-0.05, 0) is 25.8 Å². The highest BCUT2D eigenvalue weighted by Gasteiger charge is 2.32. The molecule has 2 aliphatic rings. The van der Waals surface area contributed by atoms with E-state index in [4.69, 9.17) is 10.3 Å². The fourth-order valence-corrected chi connectivity index (χ4v) is 3.25. The number of nitrogens with two attached hydrogens (primary N) is 1. The van der Waals surface area contributed by atoms with Crippen LogP contribution in [0.1, 0.15) is 55.9 Å². The van der Waals surface area contributed by atoms with Gasteiger partial charge in [-0.3, -0.25) is 4.79 Å². The summed E-state index contributed by atoms with van der Waals surface area (Å²) in [5.41, 5.74) is 5.48. The third-order valence-corrected chi connectivity index (χ3v) is 4.60. The van der Waals surface area contributed by atoms with Crippen LogP contribution in [0.5, 0.6) is 0 Å². The van der Waals surface area contributed by atoms with Crippen LogP contribution in [0.25, 0.3) is 0 Å². The van der Waals surface area contributed by atoms with Crippen LogP contribution in [0.2, 0.25) is 0 Å². The molecular formula is C15H26N6O4. The molecule has 0 saturated carbocycles. The first-order chi connectivity index (χ1) is 12.0. The fourth-order valence-electron chi connectivity index (χ4n) is 3.25. The second-order valence-electron chi connectivity index (χ2n) is 6.71. The number of hydrogen-bond donors (Lipinski definition) is 6. The summed E-state index contributed by atoms with van der Waals surface area (Å²) in [6.07, 6.45) is 1.88. The molecule has 0 bridgehead atoms. The first-order valence-corrected chi connectivity index (χ1v) is 8.75. The van der Waals surface area contributed by atoms with Crippen LogP contribution >= 0.6 is 0 Å². The smallest absolute Gasteiger partial charge is 0.249 e. The number of β-amino-alcohol motifs (C(OH)–C–C–N with tert-alkyl or cyclic N) is 1. The Morgan fingerprint density at radius 3 is 2.92 bits per heavy atom. The summed E-state index contributed by atoms with van der Waals surface area (Å²) < 4.78 is 5.31. The first-order valence-electron chi connectivity index (χ1n) is 8.75. The predicted octanol–water partition coefficient (Wildman–Crippen LogP) is -1.57. The maximum absolute atomic E-state index is 12.4. The fraction of sp³-hybridized carbons (Fsp3) is 0.800. The van der Waals surface area contributed by atoms with Gasteiger partial charge in [-0.25, -0.2) is 0 Å². The van der Waals surface area contributed by atoms with Crippen LogP contribution in [-0.2, 0) is 4.79 Å². The van der Waals surface area contributed by atoms with Gasteiger partial charge in [-0.1, -0.05) is 11.6 Å². The quantitative estimate of drug-likeness (QED) is 0.332. The van der Waals surface area contributed by atoms with Crippen LogP contribution < -0.4 is 21.7 Å². The molecule has 1 amide bonds. The largest absolute Gasteiger partial charge is 0.392 e. The minimum Gasteiger partial charge on any atom is -0.392 e. The molecular weight excluding hydrogens is 328 g/mol. The number of aromatic nitrogens is 2. The van der Waals surface area contributed by atoms with Crippen molar-refractivity contribution in [2.24, 2.45) is 5.73 Å². The molecule has 10 heteroatoms. The Morgan fingerprint density at radius 1 is 1.44 bits per heavy atom. The molecule has 10 nitrogen and oxygen atoms in total. The number of nitrogens with one attached hydrogen (secondary N) is 3. The molecule has 1 aromatic rings. The Hall–Kier alpha value is -1.59. The van der Waals surface area contributed by atoms with Crippen LogP contribution in [0.15, 0.2) is 4.52 Å². The molecule has 1 unspecified atom stereocenters. The lowest BCUT2D eigenvalue weighted by Gasteiger charge is -2.20. The van der Waals surface area contributed by atoms with Crippen molar-refractivity contribution in [1.29, 1.82) is 0 Å². The molecule has 2 saturated heterocycles. The molecule has 0 aliphatic carbocycles. The molecule has 2 fully saturated rings. The molecule has 140 valence electrons. The summed E-state index contributed by atoms with van der Waals surface area (Å²) in [4.78, 5) is 16.7. The maximum atomic E-state index is 12.4. The monoisotopic (exact) mass is 354 g/mol. The van der Waals surface area contributed by atoms with Crippen molar-refractivity contribution in [2.45, 2.75) is 62.6 Å². The lowest BCUT2D eigenvalue weighted by Crippen LogP contribution is -2.43. The molecule has 25 heavy (non-hydrogen) atoms. The van der Waals surface area contributed by atoms with Crippen LogP contribution in [-0.4, -0.2) is 57.7 Å². The van der Waals surface area contributed by atoms with Crippen LogP contribution in [0.4, 0.5) is 0 Å². The SMILES string of the molecule is NC(O)C[C@H](NC(=O)[C@@H]1C[C@H](O)CN1)c1nc([C@@H]2CCCCN2)no1. The van der Waals surface area contributed by atoms with E-state index >= 15 is 0 Å². The number of rotatable bonds is 6. The zero-order valence-electron chi connectivity index (χ0n) is 14.0. The normalized spacial score (nSPS) is 29.3. The predicted molar refractivity (Wildman–Crippen MR) is 87.0 cm³/mol. The van der Waals surface area contributed by atoms with Crippen LogP contribution in [0.3, 0.4) is 0 Å². The number of carbonyl (C=O) groups is 1. The van der Waals surface area contributed by atoms with E-state index in [0.717, 1.165) is 25.8 Å². The van der Waals surface area contributed by atoms with Gasteiger partial charge >= 0.3 is 0 Å². The van der Waals surface area contributed by atoms with Gasteiger partial charge in [0.1, 0.15) is 12.3 Å². The minimum absolute atomic E-state index is 0.0389. The van der Waals surface area contributed by atoms with Crippen molar-refractivity contribution in [3.63, 3.8) is 0 Å². The number of piperidine rings is 1. The summed E-state index contributed by atoms with van der Waals surface area (Å²) in [6, 6.07) is -1.14. The number of hydrogen-bond acceptors (Lipinski definition) is 9. The molecule has 3 rings (SSSR count). The van der Waals surface area contributed by atoms with Gasteiger partial charge in [0.15, 0.2) is 5.82 Å². The zero-order chi connectivity index (χ0) is 17.8. The Morgan fingerprint density at radius 2 is 2.28 bits per heavy atom. The van der Waals surface area contributed by atoms with E-state index in [-0.39, 0.29) is 24.3 Å². The first kappa shape index (κ1) is 18.2. The molecule has 0 spiro atoms.